The van der Waals surface area contributed by atoms with E-state index in [9.17, 15) is 34.8 Å². The van der Waals surface area contributed by atoms with Crippen LogP contribution >= 0.6 is 0 Å². The number of Topliss-reactive ketones (excluding diaryl/α,β-unsaturated/α-hetero) is 1. The number of rotatable bonds is 1. The van der Waals surface area contributed by atoms with Gasteiger partial charge in [-0.2, -0.15) is 0 Å². The number of fused-ring (bicyclic) bond motifs is 3. The summed E-state index contributed by atoms with van der Waals surface area (Å²) in [6.07, 6.45) is -4.15. The van der Waals surface area contributed by atoms with Gasteiger partial charge in [0.25, 0.3) is 5.91 Å². The molecule has 28 heavy (non-hydrogen) atoms. The fraction of sp³-hybridized carbons (Fsp3) is 0.350. The number of primary amides is 1. The zero-order chi connectivity index (χ0) is 26.8. The number of hydrogen-bond donors (Lipinski definition) is 5. The summed E-state index contributed by atoms with van der Waals surface area (Å²) in [4.78, 5) is 37.7. The van der Waals surface area contributed by atoms with Crippen LogP contribution in [-0.4, -0.2) is 43.5 Å². The molecule has 4 atom stereocenters. The quantitative estimate of drug-likeness (QED) is 0.416. The minimum Gasteiger partial charge on any atom is -0.511 e. The Balaban J connectivity index is 2.17. The summed E-state index contributed by atoms with van der Waals surface area (Å²) in [5, 5.41) is 43.9. The van der Waals surface area contributed by atoms with E-state index in [4.69, 9.17) is 15.3 Å². The molecule has 0 aromatic carbocycles. The summed E-state index contributed by atoms with van der Waals surface area (Å²) in [5.74, 6) is -16.7. The summed E-state index contributed by atoms with van der Waals surface area (Å²) >= 11 is 0. The summed E-state index contributed by atoms with van der Waals surface area (Å²) < 4.78 is 58.2. The number of nitrogens with two attached hydrogens (primary N) is 1. The van der Waals surface area contributed by atoms with Crippen LogP contribution in [0.25, 0.3) is 0 Å². The van der Waals surface area contributed by atoms with Crippen molar-refractivity contribution in [3.8, 4) is 0 Å². The fourth-order valence-corrected chi connectivity index (χ4v) is 3.90. The Morgan fingerprint density at radius 1 is 1.39 bits per heavy atom. The van der Waals surface area contributed by atoms with Gasteiger partial charge in [0.2, 0.25) is 0 Å². The number of hydrogen-bond acceptors (Lipinski definition) is 7. The zero-order valence-electron chi connectivity index (χ0n) is 21.4. The Labute approximate surface area is 169 Å². The molecule has 0 aliphatic heterocycles. The van der Waals surface area contributed by atoms with Crippen molar-refractivity contribution in [2.24, 2.45) is 23.4 Å². The van der Waals surface area contributed by atoms with E-state index in [2.05, 4.69) is 0 Å². The molecule has 146 valence electrons. The Hall–Kier alpha value is -3.13. The largest absolute Gasteiger partial charge is 0.511 e. The molecule has 0 fully saturated rings. The Morgan fingerprint density at radius 3 is 2.71 bits per heavy atom. The molecule has 4 unspecified atom stereocenters. The molecule has 8 heteroatoms. The average molecular weight is 392 g/mol. The van der Waals surface area contributed by atoms with Crippen molar-refractivity contribution < 1.29 is 44.4 Å². The molecule has 0 spiro atoms. The van der Waals surface area contributed by atoms with Crippen LogP contribution in [-0.2, 0) is 14.4 Å². The highest BCUT2D eigenvalue weighted by Crippen LogP contribution is 2.55. The summed E-state index contributed by atoms with van der Waals surface area (Å²) in [7, 11) is 0. The van der Waals surface area contributed by atoms with E-state index in [1.54, 1.807) is 0 Å². The standard InChI is InChI=1S/C20H19NO7/c1-20(28)8-3-2-4-10(22)13(8)18(26)14-9(20)5-7-6-11(23)15(19(21)27)17(25)12(7)16(14)24/h2-4,7,9,12,23-24,26,28H,5-6H2,1H3,(H2,21,27)/i2D,3D,4D,6D2,9D,12D. The molecular weight excluding hydrogens is 366 g/mol. The van der Waals surface area contributed by atoms with Gasteiger partial charge in [-0.25, -0.2) is 0 Å². The highest BCUT2D eigenvalue weighted by Gasteiger charge is 2.55. The van der Waals surface area contributed by atoms with Crippen LogP contribution in [0.3, 0.4) is 0 Å². The van der Waals surface area contributed by atoms with Gasteiger partial charge >= 0.3 is 0 Å². The van der Waals surface area contributed by atoms with Crippen LogP contribution in [0.15, 0.2) is 57.7 Å². The van der Waals surface area contributed by atoms with E-state index in [0.717, 1.165) is 6.92 Å². The Bertz CT molecular complexity index is 1340. The monoisotopic (exact) mass is 392 g/mol. The number of ketones is 2. The first kappa shape index (κ1) is 11.7. The van der Waals surface area contributed by atoms with Crippen molar-refractivity contribution in [2.75, 3.05) is 0 Å². The molecule has 6 N–H and O–H groups in total. The van der Waals surface area contributed by atoms with Gasteiger partial charge in [-0.05, 0) is 30.9 Å². The van der Waals surface area contributed by atoms with Crippen molar-refractivity contribution in [3.05, 3.63) is 57.7 Å². The highest BCUT2D eigenvalue weighted by atomic mass is 16.3. The fourth-order valence-electron chi connectivity index (χ4n) is 3.90. The molecule has 0 aromatic heterocycles. The molecular formula is C20H19NO7. The van der Waals surface area contributed by atoms with Crippen LogP contribution in [0, 0.1) is 17.7 Å². The molecule has 0 saturated heterocycles. The van der Waals surface area contributed by atoms with E-state index in [-0.39, 0.29) is 0 Å². The molecule has 0 bridgehead atoms. The smallest absolute Gasteiger partial charge is 0.255 e. The molecule has 1 amide bonds. The molecule has 8 nitrogen and oxygen atoms in total. The molecule has 0 heterocycles. The van der Waals surface area contributed by atoms with Crippen molar-refractivity contribution >= 4 is 17.5 Å². The highest BCUT2D eigenvalue weighted by molar-refractivity contribution is 6.21. The number of aliphatic hydroxyl groups excluding tert-OH is 3. The third-order valence-corrected chi connectivity index (χ3v) is 5.20. The second-order valence-electron chi connectivity index (χ2n) is 6.81. The molecule has 0 aromatic rings. The normalized spacial score (nSPS) is 46.5. The predicted octanol–water partition coefficient (Wildman–Crippen LogP) is 0.963. The van der Waals surface area contributed by atoms with Gasteiger partial charge in [0.1, 0.15) is 22.9 Å². The lowest BCUT2D eigenvalue weighted by Gasteiger charge is -2.48. The summed E-state index contributed by atoms with van der Waals surface area (Å²) in [6.45, 7) is 0.904. The van der Waals surface area contributed by atoms with Gasteiger partial charge in [0.15, 0.2) is 11.6 Å². The molecule has 4 aliphatic carbocycles. The van der Waals surface area contributed by atoms with E-state index in [1.165, 1.54) is 0 Å². The van der Waals surface area contributed by atoms with Gasteiger partial charge in [-0.3, -0.25) is 14.4 Å². The predicted molar refractivity (Wildman–Crippen MR) is 95.7 cm³/mol. The lowest BCUT2D eigenvalue weighted by molar-refractivity contribution is -0.126. The minimum atomic E-state index is -3.12. The van der Waals surface area contributed by atoms with Crippen LogP contribution in [0.4, 0.5) is 0 Å². The van der Waals surface area contributed by atoms with Gasteiger partial charge < -0.3 is 26.2 Å². The first-order chi connectivity index (χ1) is 15.8. The number of aliphatic hydroxyl groups is 4. The van der Waals surface area contributed by atoms with Crippen LogP contribution in [0.2, 0.25) is 0 Å². The second kappa shape index (κ2) is 5.68. The van der Waals surface area contributed by atoms with Crippen LogP contribution < -0.4 is 5.73 Å². The average Bonchev–Trinajstić information content (AvgIpc) is 2.74. The maximum atomic E-state index is 13.1. The van der Waals surface area contributed by atoms with Gasteiger partial charge in [-0.1, -0.05) is 12.1 Å². The van der Waals surface area contributed by atoms with Crippen molar-refractivity contribution in [1.29, 1.82) is 0 Å². The number of carbonyl (C=O) groups is 3. The number of carbonyl (C=O) groups excluding carboxylic acids is 3. The topological polar surface area (TPSA) is 158 Å². The maximum absolute atomic E-state index is 13.1. The first-order valence-electron chi connectivity index (χ1n) is 11.6. The Kier molecular flexibility index (Phi) is 2.37. The maximum Gasteiger partial charge on any atom is 0.255 e. The molecule has 4 aliphatic rings. The van der Waals surface area contributed by atoms with Gasteiger partial charge in [0.05, 0.1) is 21.2 Å². The zero-order valence-corrected chi connectivity index (χ0v) is 14.4. The van der Waals surface area contributed by atoms with Crippen LogP contribution in [0.1, 0.15) is 29.3 Å². The lowest BCUT2D eigenvalue weighted by Crippen LogP contribution is -2.50. The van der Waals surface area contributed by atoms with E-state index in [0.29, 0.717) is 0 Å². The lowest BCUT2D eigenvalue weighted by atomic mass is 9.58. The minimum absolute atomic E-state index is 0.731. The van der Waals surface area contributed by atoms with E-state index >= 15 is 0 Å². The van der Waals surface area contributed by atoms with Crippen molar-refractivity contribution in [1.82, 2.24) is 0 Å². The molecule has 0 saturated carbocycles. The molecule has 4 rings (SSSR count). The summed E-state index contributed by atoms with van der Waals surface area (Å²) in [6, 6.07) is -2.82. The third-order valence-electron chi connectivity index (χ3n) is 5.20. The number of allylic oxidation sites excluding steroid dienone is 6. The van der Waals surface area contributed by atoms with E-state index in [1.807, 2.05) is 0 Å². The Morgan fingerprint density at radius 2 is 2.07 bits per heavy atom. The second-order valence-corrected chi connectivity index (χ2v) is 6.81. The van der Waals surface area contributed by atoms with Crippen LogP contribution in [0.5, 0.6) is 0 Å². The van der Waals surface area contributed by atoms with E-state index < -0.39 is 111 Å². The molecule has 0 radical (unpaired) electrons. The van der Waals surface area contributed by atoms with Gasteiger partial charge in [-0.15, -0.1) is 0 Å². The third kappa shape index (κ3) is 2.18. The van der Waals surface area contributed by atoms with Gasteiger partial charge in [0, 0.05) is 23.3 Å². The summed E-state index contributed by atoms with van der Waals surface area (Å²) in [5.41, 5.74) is -1.57. The SMILES string of the molecule is [2H]C1=C([2H])C([2H])=C2C(=C(O)C3=C(O)C4([2H])C(=O)C(C(N)=O)=C(O)C([2H])([2H])C4CC3([2H])C2(C)O)C1=O. The first-order valence-corrected chi connectivity index (χ1v) is 8.13. The van der Waals surface area contributed by atoms with Crippen molar-refractivity contribution in [3.63, 3.8) is 0 Å². The number of amides is 1. The van der Waals surface area contributed by atoms with Crippen molar-refractivity contribution in [2.45, 2.75) is 25.3 Å².